The second-order valence-electron chi connectivity index (χ2n) is 6.42. The number of hydrogen-bond acceptors (Lipinski definition) is 0. The molecule has 0 saturated carbocycles. The van der Waals surface area contributed by atoms with E-state index in [1.54, 1.807) is 4.09 Å². The molecule has 2 heteroatoms. The standard InChI is InChI=1S/C19H24SeSi/c1-16-10-13-18(14-11-16)20-19(21(2,3)4)15-12-17-8-6-5-7-9-17/h5-11,13-15H,12H2,1-4H3/b19-15-. The summed E-state index contributed by atoms with van der Waals surface area (Å²) < 4.78 is 3.21. The quantitative estimate of drug-likeness (QED) is 0.697. The van der Waals surface area contributed by atoms with E-state index >= 15 is 0 Å². The molecule has 0 bridgehead atoms. The van der Waals surface area contributed by atoms with Gasteiger partial charge in [-0.1, -0.05) is 0 Å². The van der Waals surface area contributed by atoms with Gasteiger partial charge in [-0.3, -0.25) is 0 Å². The molecular formula is C19H24SeSi. The van der Waals surface area contributed by atoms with Crippen molar-refractivity contribution in [2.45, 2.75) is 33.0 Å². The zero-order chi connectivity index (χ0) is 15.3. The Labute approximate surface area is 136 Å². The van der Waals surface area contributed by atoms with Gasteiger partial charge >= 0.3 is 136 Å². The number of rotatable bonds is 5. The van der Waals surface area contributed by atoms with Gasteiger partial charge in [0.25, 0.3) is 0 Å². The Morgan fingerprint density at radius 2 is 1.57 bits per heavy atom. The van der Waals surface area contributed by atoms with Crippen molar-refractivity contribution in [2.24, 2.45) is 0 Å². The number of allylic oxidation sites excluding steroid dienone is 1. The van der Waals surface area contributed by atoms with Crippen LogP contribution in [0, 0.1) is 6.92 Å². The molecule has 0 heterocycles. The average Bonchev–Trinajstić information content (AvgIpc) is 2.45. The molecule has 0 saturated heterocycles. The first-order valence-electron chi connectivity index (χ1n) is 7.44. The van der Waals surface area contributed by atoms with Gasteiger partial charge in [-0.05, 0) is 0 Å². The van der Waals surface area contributed by atoms with Crippen LogP contribution < -0.4 is 4.46 Å². The van der Waals surface area contributed by atoms with Crippen LogP contribution in [0.5, 0.6) is 0 Å². The third kappa shape index (κ3) is 5.31. The van der Waals surface area contributed by atoms with Crippen molar-refractivity contribution in [3.63, 3.8) is 0 Å². The molecule has 0 fully saturated rings. The Balaban J connectivity index is 2.17. The molecule has 0 aliphatic carbocycles. The molecular weight excluding hydrogens is 335 g/mol. The predicted octanol–water partition coefficient (Wildman–Crippen LogP) is 4.33. The predicted molar refractivity (Wildman–Crippen MR) is 98.1 cm³/mol. The molecule has 2 rings (SSSR count). The molecule has 0 spiro atoms. The fourth-order valence-corrected chi connectivity index (χ4v) is 7.07. The first-order valence-corrected chi connectivity index (χ1v) is 12.7. The minimum absolute atomic E-state index is 0.465. The summed E-state index contributed by atoms with van der Waals surface area (Å²) in [6.45, 7) is 9.53. The molecule has 0 nitrogen and oxygen atoms in total. The Bertz CT molecular complexity index is 592. The molecule has 2 aromatic rings. The molecule has 0 aromatic heterocycles. The zero-order valence-corrected chi connectivity index (χ0v) is 16.1. The summed E-state index contributed by atoms with van der Waals surface area (Å²) in [5.74, 6) is 0. The average molecular weight is 359 g/mol. The van der Waals surface area contributed by atoms with Gasteiger partial charge in [-0.15, -0.1) is 0 Å². The van der Waals surface area contributed by atoms with E-state index in [1.165, 1.54) is 15.6 Å². The van der Waals surface area contributed by atoms with Crippen LogP contribution in [-0.2, 0) is 6.42 Å². The zero-order valence-electron chi connectivity index (χ0n) is 13.4. The maximum atomic E-state index is 2.50. The van der Waals surface area contributed by atoms with Crippen LogP contribution in [0.3, 0.4) is 0 Å². The number of benzene rings is 2. The van der Waals surface area contributed by atoms with Gasteiger partial charge in [-0.25, -0.2) is 0 Å². The van der Waals surface area contributed by atoms with Gasteiger partial charge in [0.05, 0.1) is 0 Å². The van der Waals surface area contributed by atoms with Gasteiger partial charge in [0.15, 0.2) is 0 Å². The fraction of sp³-hybridized carbons (Fsp3) is 0.263. The van der Waals surface area contributed by atoms with Gasteiger partial charge in [0.1, 0.15) is 0 Å². The number of aryl methyl sites for hydroxylation is 1. The Morgan fingerprint density at radius 3 is 2.14 bits per heavy atom. The van der Waals surface area contributed by atoms with Crippen molar-refractivity contribution < 1.29 is 0 Å². The molecule has 0 amide bonds. The maximum absolute atomic E-state index is 2.50. The van der Waals surface area contributed by atoms with E-state index in [0.717, 1.165) is 6.42 Å². The molecule has 0 N–H and O–H groups in total. The van der Waals surface area contributed by atoms with Gasteiger partial charge in [0, 0.05) is 0 Å². The van der Waals surface area contributed by atoms with Crippen LogP contribution in [0.4, 0.5) is 0 Å². The van der Waals surface area contributed by atoms with E-state index in [4.69, 9.17) is 0 Å². The monoisotopic (exact) mass is 360 g/mol. The molecule has 0 atom stereocenters. The van der Waals surface area contributed by atoms with Crippen LogP contribution in [0.2, 0.25) is 19.6 Å². The molecule has 110 valence electrons. The van der Waals surface area contributed by atoms with Gasteiger partial charge in [0.2, 0.25) is 0 Å². The van der Waals surface area contributed by atoms with Crippen molar-refractivity contribution in [1.29, 1.82) is 0 Å². The van der Waals surface area contributed by atoms with E-state index in [1.807, 2.05) is 0 Å². The van der Waals surface area contributed by atoms with Crippen molar-refractivity contribution >= 4 is 27.5 Å². The number of hydrogen-bond donors (Lipinski definition) is 0. The van der Waals surface area contributed by atoms with E-state index in [0.29, 0.717) is 15.0 Å². The molecule has 0 aliphatic heterocycles. The Hall–Kier alpha value is -1.08. The van der Waals surface area contributed by atoms with E-state index < -0.39 is 8.07 Å². The van der Waals surface area contributed by atoms with E-state index in [-0.39, 0.29) is 0 Å². The molecule has 0 unspecified atom stereocenters. The van der Waals surface area contributed by atoms with Crippen LogP contribution in [0.15, 0.2) is 64.8 Å². The third-order valence-electron chi connectivity index (χ3n) is 3.35. The van der Waals surface area contributed by atoms with Crippen LogP contribution in [0.1, 0.15) is 11.1 Å². The summed E-state index contributed by atoms with van der Waals surface area (Å²) >= 11 is 0.465. The van der Waals surface area contributed by atoms with Crippen LogP contribution in [-0.4, -0.2) is 23.0 Å². The van der Waals surface area contributed by atoms with Crippen molar-refractivity contribution in [1.82, 2.24) is 0 Å². The third-order valence-corrected chi connectivity index (χ3v) is 11.3. The van der Waals surface area contributed by atoms with Crippen molar-refractivity contribution in [2.75, 3.05) is 0 Å². The summed E-state index contributed by atoms with van der Waals surface area (Å²) in [7, 11) is -1.25. The second kappa shape index (κ2) is 7.26. The molecule has 21 heavy (non-hydrogen) atoms. The summed E-state index contributed by atoms with van der Waals surface area (Å²) in [6.07, 6.45) is 3.56. The molecule has 0 aliphatic rings. The Kier molecular flexibility index (Phi) is 5.63. The fourth-order valence-electron chi connectivity index (χ4n) is 2.06. The summed E-state index contributed by atoms with van der Waals surface area (Å²) in [6, 6.07) is 19.8. The van der Waals surface area contributed by atoms with Crippen LogP contribution >= 0.6 is 0 Å². The summed E-state index contributed by atoms with van der Waals surface area (Å²) in [5, 5.41) is 0. The van der Waals surface area contributed by atoms with Gasteiger partial charge in [-0.2, -0.15) is 0 Å². The normalized spacial score (nSPS) is 12.5. The van der Waals surface area contributed by atoms with E-state index in [9.17, 15) is 0 Å². The Morgan fingerprint density at radius 1 is 0.952 bits per heavy atom. The molecule has 0 radical (unpaired) electrons. The summed E-state index contributed by atoms with van der Waals surface area (Å²) in [5.41, 5.74) is 2.75. The topological polar surface area (TPSA) is 0 Å². The first kappa shape index (κ1) is 16.3. The van der Waals surface area contributed by atoms with Gasteiger partial charge < -0.3 is 0 Å². The van der Waals surface area contributed by atoms with Crippen LogP contribution in [0.25, 0.3) is 0 Å². The van der Waals surface area contributed by atoms with E-state index in [2.05, 4.69) is 87.2 Å². The first-order chi connectivity index (χ1) is 9.95. The summed E-state index contributed by atoms with van der Waals surface area (Å²) in [4.78, 5) is 0. The van der Waals surface area contributed by atoms with Crippen molar-refractivity contribution in [3.8, 4) is 0 Å². The van der Waals surface area contributed by atoms with Crippen molar-refractivity contribution in [3.05, 3.63) is 75.9 Å². The minimum atomic E-state index is -1.25. The molecule has 2 aromatic carbocycles. The SMILES string of the molecule is Cc1ccc([Se]/C(=C/Cc2ccccc2)[Si](C)(C)C)cc1. The second-order valence-corrected chi connectivity index (χ2v) is 14.6.